The third-order valence-electron chi connectivity index (χ3n) is 6.55. The molecule has 0 aromatic carbocycles. The number of carbonyl (C=O) groups is 1. The first-order valence-corrected chi connectivity index (χ1v) is 12.8. The quantitative estimate of drug-likeness (QED) is 0.205. The minimum atomic E-state index is 0.522. The normalized spacial score (nSPS) is 17.5. The van der Waals surface area contributed by atoms with E-state index in [0.717, 1.165) is 25.2 Å². The van der Waals surface area contributed by atoms with Gasteiger partial charge in [-0.15, -0.1) is 0 Å². The molecule has 0 aromatic heterocycles. The van der Waals surface area contributed by atoms with Gasteiger partial charge < -0.3 is 0 Å². The van der Waals surface area contributed by atoms with E-state index >= 15 is 0 Å². The molecule has 1 nitrogen and oxygen atoms in total. The molecule has 1 aliphatic carbocycles. The zero-order valence-corrected chi connectivity index (χ0v) is 18.7. The highest BCUT2D eigenvalue weighted by atomic mass is 16.1. The molecule has 160 valence electrons. The van der Waals surface area contributed by atoms with Gasteiger partial charge in [-0.3, -0.25) is 4.79 Å². The summed E-state index contributed by atoms with van der Waals surface area (Å²) >= 11 is 0. The zero-order valence-electron chi connectivity index (χ0n) is 18.7. The average Bonchev–Trinajstić information content (AvgIpc) is 2.67. The van der Waals surface area contributed by atoms with Crippen LogP contribution in [0, 0.1) is 5.92 Å². The van der Waals surface area contributed by atoms with Crippen LogP contribution in [0.2, 0.25) is 0 Å². The lowest BCUT2D eigenvalue weighted by Crippen LogP contribution is -2.14. The number of carbonyl (C=O) groups excluding carboxylic acids is 1. The van der Waals surface area contributed by atoms with Crippen LogP contribution in [-0.4, -0.2) is 5.78 Å². The van der Waals surface area contributed by atoms with Crippen molar-refractivity contribution < 1.29 is 4.79 Å². The monoisotopic (exact) mass is 378 g/mol. The van der Waals surface area contributed by atoms with Crippen molar-refractivity contribution in [1.29, 1.82) is 0 Å². The van der Waals surface area contributed by atoms with E-state index in [9.17, 15) is 4.79 Å². The van der Waals surface area contributed by atoms with Crippen LogP contribution in [0.3, 0.4) is 0 Å². The van der Waals surface area contributed by atoms with E-state index in [1.54, 1.807) is 0 Å². The molecule has 27 heavy (non-hydrogen) atoms. The summed E-state index contributed by atoms with van der Waals surface area (Å²) in [5.74, 6) is 1.25. The van der Waals surface area contributed by atoms with Crippen molar-refractivity contribution >= 4 is 5.78 Å². The molecule has 0 heterocycles. The lowest BCUT2D eigenvalue weighted by Gasteiger charge is -2.20. The fourth-order valence-corrected chi connectivity index (χ4v) is 4.70. The molecule has 1 rings (SSSR count). The van der Waals surface area contributed by atoms with Gasteiger partial charge in [-0.25, -0.2) is 0 Å². The Balaban J connectivity index is 1.68. The number of hydrogen-bond donors (Lipinski definition) is 0. The average molecular weight is 379 g/mol. The Morgan fingerprint density at radius 1 is 0.630 bits per heavy atom. The van der Waals surface area contributed by atoms with Gasteiger partial charge >= 0.3 is 0 Å². The first-order chi connectivity index (χ1) is 13.3. The van der Waals surface area contributed by atoms with Crippen LogP contribution < -0.4 is 0 Å². The summed E-state index contributed by atoms with van der Waals surface area (Å²) in [7, 11) is 0. The fourth-order valence-electron chi connectivity index (χ4n) is 4.70. The third kappa shape index (κ3) is 16.3. The zero-order chi connectivity index (χ0) is 19.4. The van der Waals surface area contributed by atoms with Gasteiger partial charge in [0.2, 0.25) is 0 Å². The van der Waals surface area contributed by atoms with Crippen LogP contribution in [0.1, 0.15) is 155 Å². The standard InChI is InChI=1S/C26H50O/c1-2-3-4-5-6-7-8-9-10-11-12-13-14-15-16-17-18-19-21-25-22-20-23-26(27)24-25/h25H,2-24H2,1H3. The minimum absolute atomic E-state index is 0.522. The van der Waals surface area contributed by atoms with E-state index in [1.165, 1.54) is 128 Å². The van der Waals surface area contributed by atoms with Crippen molar-refractivity contribution in [3.05, 3.63) is 0 Å². The minimum Gasteiger partial charge on any atom is -0.300 e. The molecule has 0 spiro atoms. The Labute approximate surface area is 171 Å². The van der Waals surface area contributed by atoms with Crippen LogP contribution in [0.25, 0.3) is 0 Å². The Morgan fingerprint density at radius 3 is 1.44 bits per heavy atom. The SMILES string of the molecule is CCCCCCCCCCCCCCCCCCCCC1CCCC(=O)C1. The van der Waals surface area contributed by atoms with Gasteiger partial charge in [0.25, 0.3) is 0 Å². The molecule has 0 N–H and O–H groups in total. The van der Waals surface area contributed by atoms with Crippen LogP contribution in [-0.2, 0) is 4.79 Å². The molecule has 0 radical (unpaired) electrons. The summed E-state index contributed by atoms with van der Waals surface area (Å²) in [6.07, 6.45) is 31.5. The van der Waals surface area contributed by atoms with Crippen molar-refractivity contribution in [3.63, 3.8) is 0 Å². The van der Waals surface area contributed by atoms with E-state index in [0.29, 0.717) is 5.78 Å². The largest absolute Gasteiger partial charge is 0.300 e. The Bertz CT molecular complexity index is 322. The highest BCUT2D eigenvalue weighted by molar-refractivity contribution is 5.79. The van der Waals surface area contributed by atoms with Crippen molar-refractivity contribution in [2.24, 2.45) is 5.92 Å². The van der Waals surface area contributed by atoms with Crippen molar-refractivity contribution in [2.75, 3.05) is 0 Å². The summed E-state index contributed by atoms with van der Waals surface area (Å²) in [6, 6.07) is 0. The van der Waals surface area contributed by atoms with Gasteiger partial charge in [0.1, 0.15) is 5.78 Å². The second-order valence-corrected chi connectivity index (χ2v) is 9.30. The smallest absolute Gasteiger partial charge is 0.133 e. The van der Waals surface area contributed by atoms with Crippen LogP contribution in [0.5, 0.6) is 0 Å². The first-order valence-electron chi connectivity index (χ1n) is 12.8. The topological polar surface area (TPSA) is 17.1 Å². The van der Waals surface area contributed by atoms with Crippen LogP contribution >= 0.6 is 0 Å². The maximum Gasteiger partial charge on any atom is 0.133 e. The molecular formula is C26H50O. The van der Waals surface area contributed by atoms with Gasteiger partial charge in [0.05, 0.1) is 0 Å². The highest BCUT2D eigenvalue weighted by Crippen LogP contribution is 2.26. The number of ketones is 1. The van der Waals surface area contributed by atoms with Gasteiger partial charge in [-0.2, -0.15) is 0 Å². The summed E-state index contributed by atoms with van der Waals surface area (Å²) < 4.78 is 0. The van der Waals surface area contributed by atoms with Crippen molar-refractivity contribution in [2.45, 2.75) is 155 Å². The molecule has 1 fully saturated rings. The van der Waals surface area contributed by atoms with Crippen molar-refractivity contribution in [1.82, 2.24) is 0 Å². The maximum absolute atomic E-state index is 11.5. The summed E-state index contributed by atoms with van der Waals surface area (Å²) in [5.41, 5.74) is 0. The molecule has 1 unspecified atom stereocenters. The molecule has 0 amide bonds. The molecule has 1 aliphatic rings. The van der Waals surface area contributed by atoms with E-state index in [1.807, 2.05) is 0 Å². The molecule has 0 aliphatic heterocycles. The second-order valence-electron chi connectivity index (χ2n) is 9.30. The molecule has 1 saturated carbocycles. The summed E-state index contributed by atoms with van der Waals surface area (Å²) in [4.78, 5) is 11.5. The lowest BCUT2D eigenvalue weighted by atomic mass is 9.85. The van der Waals surface area contributed by atoms with Crippen molar-refractivity contribution in [3.8, 4) is 0 Å². The van der Waals surface area contributed by atoms with Gasteiger partial charge in [0, 0.05) is 12.8 Å². The summed E-state index contributed by atoms with van der Waals surface area (Å²) in [6.45, 7) is 2.30. The van der Waals surface area contributed by atoms with E-state index in [-0.39, 0.29) is 0 Å². The summed E-state index contributed by atoms with van der Waals surface area (Å²) in [5, 5.41) is 0. The van der Waals surface area contributed by atoms with E-state index in [2.05, 4.69) is 6.92 Å². The highest BCUT2D eigenvalue weighted by Gasteiger charge is 2.18. The van der Waals surface area contributed by atoms with Gasteiger partial charge in [-0.05, 0) is 18.8 Å². The predicted octanol–water partition coefficient (Wildman–Crippen LogP) is 9.18. The van der Waals surface area contributed by atoms with Crippen LogP contribution in [0.4, 0.5) is 0 Å². The van der Waals surface area contributed by atoms with Gasteiger partial charge in [0.15, 0.2) is 0 Å². The Hall–Kier alpha value is -0.330. The van der Waals surface area contributed by atoms with Gasteiger partial charge in [-0.1, -0.05) is 129 Å². The predicted molar refractivity (Wildman–Crippen MR) is 120 cm³/mol. The number of rotatable bonds is 19. The fraction of sp³-hybridized carbons (Fsp3) is 0.962. The molecule has 1 atom stereocenters. The second kappa shape index (κ2) is 19.0. The van der Waals surface area contributed by atoms with Crippen LogP contribution in [0.15, 0.2) is 0 Å². The van der Waals surface area contributed by atoms with E-state index < -0.39 is 0 Å². The van der Waals surface area contributed by atoms with E-state index in [4.69, 9.17) is 0 Å². The Kier molecular flexibility index (Phi) is 17.4. The maximum atomic E-state index is 11.5. The molecular weight excluding hydrogens is 328 g/mol. The first kappa shape index (κ1) is 24.7. The molecule has 1 heteroatoms. The number of hydrogen-bond acceptors (Lipinski definition) is 1. The lowest BCUT2D eigenvalue weighted by molar-refractivity contribution is -0.121. The third-order valence-corrected chi connectivity index (χ3v) is 6.55. The number of Topliss-reactive ketones (excluding diaryl/α,β-unsaturated/α-hetero) is 1. The molecule has 0 saturated heterocycles. The Morgan fingerprint density at radius 2 is 1.04 bits per heavy atom. The molecule has 0 aromatic rings. The molecule has 0 bridgehead atoms. The number of unbranched alkanes of at least 4 members (excludes halogenated alkanes) is 17.